The number of nitrogens with two attached hydrogens (primary N) is 1. The molecule has 0 saturated heterocycles. The Labute approximate surface area is 146 Å². The lowest BCUT2D eigenvalue weighted by molar-refractivity contribution is 0.103. The monoisotopic (exact) mass is 333 g/mol. The van der Waals surface area contributed by atoms with Gasteiger partial charge in [0.05, 0.1) is 10.6 Å². The van der Waals surface area contributed by atoms with Crippen molar-refractivity contribution in [2.45, 2.75) is 25.7 Å². The third-order valence-electron chi connectivity index (χ3n) is 4.68. The topological polar surface area (TPSA) is 43.1 Å². The van der Waals surface area contributed by atoms with Crippen LogP contribution in [0.2, 0.25) is 0 Å². The highest BCUT2D eigenvalue weighted by Gasteiger charge is 2.24. The lowest BCUT2D eigenvalue weighted by atomic mass is 9.91. The minimum atomic E-state index is 0.0616. The molecular formula is C21H19NOS. The molecule has 0 radical (unpaired) electrons. The summed E-state index contributed by atoms with van der Waals surface area (Å²) in [7, 11) is 0. The van der Waals surface area contributed by atoms with Gasteiger partial charge in [-0.25, -0.2) is 0 Å². The highest BCUT2D eigenvalue weighted by molar-refractivity contribution is 7.16. The number of hydrogen-bond donors (Lipinski definition) is 1. The van der Waals surface area contributed by atoms with E-state index >= 15 is 0 Å². The van der Waals surface area contributed by atoms with E-state index in [0.29, 0.717) is 10.6 Å². The molecule has 0 bridgehead atoms. The molecule has 2 aromatic carbocycles. The Morgan fingerprint density at radius 1 is 0.875 bits per heavy atom. The molecule has 0 unspecified atom stereocenters. The summed E-state index contributed by atoms with van der Waals surface area (Å²) in [5, 5.41) is 0.680. The number of benzene rings is 2. The van der Waals surface area contributed by atoms with E-state index in [-0.39, 0.29) is 5.78 Å². The molecule has 2 nitrogen and oxygen atoms in total. The van der Waals surface area contributed by atoms with Gasteiger partial charge in [-0.2, -0.15) is 0 Å². The van der Waals surface area contributed by atoms with Crippen LogP contribution in [-0.2, 0) is 12.8 Å². The van der Waals surface area contributed by atoms with Crippen molar-refractivity contribution >= 4 is 22.1 Å². The largest absolute Gasteiger partial charge is 0.390 e. The summed E-state index contributed by atoms with van der Waals surface area (Å²) in [6, 6.07) is 18.0. The van der Waals surface area contributed by atoms with Crippen LogP contribution in [0.4, 0.5) is 5.00 Å². The van der Waals surface area contributed by atoms with Gasteiger partial charge in [0.2, 0.25) is 0 Å². The van der Waals surface area contributed by atoms with E-state index in [1.54, 1.807) is 11.3 Å². The maximum Gasteiger partial charge on any atom is 0.196 e. The second kappa shape index (κ2) is 6.25. The van der Waals surface area contributed by atoms with Gasteiger partial charge < -0.3 is 5.73 Å². The summed E-state index contributed by atoms with van der Waals surface area (Å²) in [6.45, 7) is 0. The molecule has 0 amide bonds. The Bertz CT molecular complexity index is 878. The van der Waals surface area contributed by atoms with Crippen molar-refractivity contribution in [3.8, 4) is 11.1 Å². The third kappa shape index (κ3) is 2.65. The average Bonchev–Trinajstić information content (AvgIpc) is 2.98. The Balaban J connectivity index is 1.67. The van der Waals surface area contributed by atoms with Gasteiger partial charge in [0.25, 0.3) is 0 Å². The zero-order valence-electron chi connectivity index (χ0n) is 13.4. The van der Waals surface area contributed by atoms with Crippen molar-refractivity contribution in [3.05, 3.63) is 76.2 Å². The molecule has 3 aromatic rings. The standard InChI is InChI=1S/C21H19NOS/c22-21-19(17-8-4-5-9-18(17)24-21)20(23)16-12-10-15(11-13-16)14-6-2-1-3-7-14/h1-3,6-7,10-13H,4-5,8-9,22H2. The average molecular weight is 333 g/mol. The van der Waals surface area contributed by atoms with Crippen LogP contribution in [0.3, 0.4) is 0 Å². The molecule has 0 saturated carbocycles. The van der Waals surface area contributed by atoms with Gasteiger partial charge in [-0.05, 0) is 42.4 Å². The summed E-state index contributed by atoms with van der Waals surface area (Å²) < 4.78 is 0. The molecule has 0 fully saturated rings. The Hall–Kier alpha value is -2.39. The van der Waals surface area contributed by atoms with E-state index in [2.05, 4.69) is 12.1 Å². The fraction of sp³-hybridized carbons (Fsp3) is 0.190. The SMILES string of the molecule is Nc1sc2c(c1C(=O)c1ccc(-c3ccccc3)cc1)CCCC2. The van der Waals surface area contributed by atoms with E-state index < -0.39 is 0 Å². The number of carbonyl (C=O) groups is 1. The van der Waals surface area contributed by atoms with E-state index in [1.165, 1.54) is 16.9 Å². The molecular weight excluding hydrogens is 314 g/mol. The maximum atomic E-state index is 13.0. The molecule has 3 heteroatoms. The van der Waals surface area contributed by atoms with Gasteiger partial charge in [-0.15, -0.1) is 11.3 Å². The number of carbonyl (C=O) groups excluding carboxylic acids is 1. The number of aryl methyl sites for hydroxylation is 1. The first-order chi connectivity index (χ1) is 11.7. The van der Waals surface area contributed by atoms with Gasteiger partial charge in [-0.1, -0.05) is 54.6 Å². The molecule has 120 valence electrons. The first-order valence-electron chi connectivity index (χ1n) is 8.34. The number of fused-ring (bicyclic) bond motifs is 1. The molecule has 1 aliphatic carbocycles. The van der Waals surface area contributed by atoms with Crippen molar-refractivity contribution in [2.75, 3.05) is 5.73 Å². The van der Waals surface area contributed by atoms with Crippen LogP contribution in [0.15, 0.2) is 54.6 Å². The minimum Gasteiger partial charge on any atom is -0.390 e. The maximum absolute atomic E-state index is 13.0. The molecule has 0 aliphatic heterocycles. The van der Waals surface area contributed by atoms with Crippen LogP contribution < -0.4 is 5.73 Å². The highest BCUT2D eigenvalue weighted by Crippen LogP contribution is 2.37. The lowest BCUT2D eigenvalue weighted by Crippen LogP contribution is -2.09. The van der Waals surface area contributed by atoms with E-state index in [1.807, 2.05) is 42.5 Å². The summed E-state index contributed by atoms with van der Waals surface area (Å²) in [6.07, 6.45) is 4.39. The van der Waals surface area contributed by atoms with Crippen molar-refractivity contribution < 1.29 is 4.79 Å². The molecule has 2 N–H and O–H groups in total. The van der Waals surface area contributed by atoms with E-state index in [0.717, 1.165) is 36.0 Å². The van der Waals surface area contributed by atoms with Crippen LogP contribution in [0.25, 0.3) is 11.1 Å². The summed E-state index contributed by atoms with van der Waals surface area (Å²) in [5.74, 6) is 0.0616. The normalized spacial score (nSPS) is 13.5. The molecule has 0 atom stereocenters. The van der Waals surface area contributed by atoms with Crippen molar-refractivity contribution in [1.82, 2.24) is 0 Å². The lowest BCUT2D eigenvalue weighted by Gasteiger charge is -2.12. The fourth-order valence-electron chi connectivity index (χ4n) is 3.43. The van der Waals surface area contributed by atoms with Crippen LogP contribution >= 0.6 is 11.3 Å². The predicted molar refractivity (Wildman–Crippen MR) is 101 cm³/mol. The van der Waals surface area contributed by atoms with Crippen molar-refractivity contribution in [2.24, 2.45) is 0 Å². The Kier molecular flexibility index (Phi) is 3.95. The van der Waals surface area contributed by atoms with Crippen molar-refractivity contribution in [1.29, 1.82) is 0 Å². The second-order valence-electron chi connectivity index (χ2n) is 6.22. The minimum absolute atomic E-state index is 0.0616. The Morgan fingerprint density at radius 2 is 1.54 bits per heavy atom. The highest BCUT2D eigenvalue weighted by atomic mass is 32.1. The first-order valence-corrected chi connectivity index (χ1v) is 9.16. The molecule has 24 heavy (non-hydrogen) atoms. The predicted octanol–water partition coefficient (Wildman–Crippen LogP) is 5.11. The van der Waals surface area contributed by atoms with Crippen LogP contribution in [0.1, 0.15) is 39.2 Å². The van der Waals surface area contributed by atoms with Gasteiger partial charge >= 0.3 is 0 Å². The number of rotatable bonds is 3. The van der Waals surface area contributed by atoms with Crippen LogP contribution in [0, 0.1) is 0 Å². The summed E-state index contributed by atoms with van der Waals surface area (Å²) in [5.41, 5.74) is 11.1. The fourth-order valence-corrected chi connectivity index (χ4v) is 4.58. The smallest absolute Gasteiger partial charge is 0.196 e. The number of anilines is 1. The van der Waals surface area contributed by atoms with Gasteiger partial charge in [0.15, 0.2) is 5.78 Å². The zero-order valence-corrected chi connectivity index (χ0v) is 14.2. The number of hydrogen-bond acceptors (Lipinski definition) is 3. The third-order valence-corrected chi connectivity index (χ3v) is 5.80. The van der Waals surface area contributed by atoms with Gasteiger partial charge in [0, 0.05) is 10.4 Å². The number of ketones is 1. The van der Waals surface area contributed by atoms with Crippen LogP contribution in [0.5, 0.6) is 0 Å². The molecule has 1 aromatic heterocycles. The van der Waals surface area contributed by atoms with Crippen LogP contribution in [-0.4, -0.2) is 5.78 Å². The molecule has 1 aliphatic rings. The van der Waals surface area contributed by atoms with Crippen molar-refractivity contribution in [3.63, 3.8) is 0 Å². The summed E-state index contributed by atoms with van der Waals surface area (Å²) in [4.78, 5) is 14.3. The quantitative estimate of drug-likeness (QED) is 0.677. The second-order valence-corrected chi connectivity index (χ2v) is 7.36. The number of thiophene rings is 1. The Morgan fingerprint density at radius 3 is 2.29 bits per heavy atom. The van der Waals surface area contributed by atoms with E-state index in [9.17, 15) is 4.79 Å². The zero-order chi connectivity index (χ0) is 16.5. The van der Waals surface area contributed by atoms with Gasteiger partial charge in [-0.3, -0.25) is 4.79 Å². The molecule has 1 heterocycles. The molecule has 4 rings (SSSR count). The number of nitrogen functional groups attached to an aromatic ring is 1. The first kappa shape index (κ1) is 15.2. The molecule has 0 spiro atoms. The van der Waals surface area contributed by atoms with E-state index in [4.69, 9.17) is 5.73 Å². The van der Waals surface area contributed by atoms with Gasteiger partial charge in [0.1, 0.15) is 0 Å². The summed E-state index contributed by atoms with van der Waals surface area (Å²) >= 11 is 1.60.